The number of unbranched alkanes of at least 4 members (excludes halogenated alkanes) is 3. The highest BCUT2D eigenvalue weighted by molar-refractivity contribution is 5.66. The van der Waals surface area contributed by atoms with Gasteiger partial charge in [-0.05, 0) is 25.7 Å². The van der Waals surface area contributed by atoms with E-state index in [0.29, 0.717) is 11.7 Å². The molecule has 1 fully saturated rings. The molecule has 0 spiro atoms. The maximum atomic E-state index is 11.5. The number of carbonyl (C=O) groups is 1. The largest absolute Gasteiger partial charge is 0.481 e. The summed E-state index contributed by atoms with van der Waals surface area (Å²) in [4.78, 5) is 29.0. The Morgan fingerprint density at radius 1 is 1.35 bits per heavy atom. The van der Waals surface area contributed by atoms with Gasteiger partial charge >= 0.3 is 5.97 Å². The SMILES string of the molecule is O=C(O)CCCCCCNc1cc(=O)[nH]c(C2CC2)n1. The van der Waals surface area contributed by atoms with Crippen molar-refractivity contribution in [3.8, 4) is 0 Å². The summed E-state index contributed by atoms with van der Waals surface area (Å²) < 4.78 is 0. The number of aromatic amines is 1. The first-order chi connectivity index (χ1) is 9.65. The number of hydrogen-bond acceptors (Lipinski definition) is 4. The van der Waals surface area contributed by atoms with Gasteiger partial charge in [-0.15, -0.1) is 0 Å². The number of aliphatic carboxylic acids is 1. The molecule has 2 rings (SSSR count). The van der Waals surface area contributed by atoms with Crippen molar-refractivity contribution in [2.24, 2.45) is 0 Å². The summed E-state index contributed by atoms with van der Waals surface area (Å²) in [6.07, 6.45) is 6.04. The highest BCUT2D eigenvalue weighted by atomic mass is 16.4. The summed E-state index contributed by atoms with van der Waals surface area (Å²) in [6.45, 7) is 0.758. The Kier molecular flexibility index (Phi) is 5.15. The second-order valence-electron chi connectivity index (χ2n) is 5.27. The van der Waals surface area contributed by atoms with Gasteiger partial charge < -0.3 is 15.4 Å². The monoisotopic (exact) mass is 279 g/mol. The predicted molar refractivity (Wildman–Crippen MR) is 76.0 cm³/mol. The molecule has 0 atom stereocenters. The van der Waals surface area contributed by atoms with Crippen molar-refractivity contribution in [2.45, 2.75) is 50.9 Å². The molecule has 0 amide bonds. The summed E-state index contributed by atoms with van der Waals surface area (Å²) in [5.41, 5.74) is -0.106. The highest BCUT2D eigenvalue weighted by Gasteiger charge is 2.26. The smallest absolute Gasteiger partial charge is 0.303 e. The topological polar surface area (TPSA) is 95.1 Å². The lowest BCUT2D eigenvalue weighted by atomic mass is 10.1. The van der Waals surface area contributed by atoms with E-state index in [1.807, 2.05) is 0 Å². The maximum Gasteiger partial charge on any atom is 0.303 e. The number of carboxylic acids is 1. The number of anilines is 1. The normalized spacial score (nSPS) is 14.2. The zero-order valence-corrected chi connectivity index (χ0v) is 11.5. The quantitative estimate of drug-likeness (QED) is 0.602. The molecule has 6 heteroatoms. The predicted octanol–water partition coefficient (Wildman–Crippen LogP) is 2.09. The van der Waals surface area contributed by atoms with E-state index in [2.05, 4.69) is 15.3 Å². The van der Waals surface area contributed by atoms with Crippen LogP contribution in [0.2, 0.25) is 0 Å². The fraction of sp³-hybridized carbons (Fsp3) is 0.643. The van der Waals surface area contributed by atoms with Gasteiger partial charge in [0.25, 0.3) is 5.56 Å². The number of nitrogens with zero attached hydrogens (tertiary/aromatic N) is 1. The van der Waals surface area contributed by atoms with Crippen LogP contribution in [0.25, 0.3) is 0 Å². The molecule has 1 aromatic heterocycles. The molecule has 0 radical (unpaired) electrons. The molecule has 3 N–H and O–H groups in total. The Bertz CT molecular complexity index is 509. The zero-order valence-electron chi connectivity index (χ0n) is 11.5. The molecule has 0 bridgehead atoms. The van der Waals surface area contributed by atoms with Gasteiger partial charge in [-0.1, -0.05) is 12.8 Å². The van der Waals surface area contributed by atoms with Crippen LogP contribution in [-0.2, 0) is 4.79 Å². The van der Waals surface area contributed by atoms with Crippen LogP contribution < -0.4 is 10.9 Å². The second kappa shape index (κ2) is 7.07. The fourth-order valence-electron chi connectivity index (χ4n) is 2.09. The van der Waals surface area contributed by atoms with Crippen LogP contribution in [0.1, 0.15) is 56.7 Å². The molecule has 1 aliphatic rings. The Morgan fingerprint density at radius 2 is 2.10 bits per heavy atom. The van der Waals surface area contributed by atoms with Crippen LogP contribution in [0.15, 0.2) is 10.9 Å². The van der Waals surface area contributed by atoms with Crippen LogP contribution in [0.5, 0.6) is 0 Å². The van der Waals surface area contributed by atoms with E-state index < -0.39 is 5.97 Å². The third-order valence-corrected chi connectivity index (χ3v) is 3.35. The van der Waals surface area contributed by atoms with Crippen molar-refractivity contribution >= 4 is 11.8 Å². The zero-order chi connectivity index (χ0) is 14.4. The van der Waals surface area contributed by atoms with Gasteiger partial charge in [0.15, 0.2) is 0 Å². The molecule has 1 aromatic rings. The summed E-state index contributed by atoms with van der Waals surface area (Å²) in [6, 6.07) is 1.48. The molecule has 6 nitrogen and oxygen atoms in total. The summed E-state index contributed by atoms with van der Waals surface area (Å²) >= 11 is 0. The summed E-state index contributed by atoms with van der Waals surface area (Å²) in [5, 5.41) is 11.7. The summed E-state index contributed by atoms with van der Waals surface area (Å²) in [7, 11) is 0. The Morgan fingerprint density at radius 3 is 2.80 bits per heavy atom. The Labute approximate surface area is 117 Å². The molecule has 20 heavy (non-hydrogen) atoms. The van der Waals surface area contributed by atoms with E-state index in [4.69, 9.17) is 5.11 Å². The number of aromatic nitrogens is 2. The minimum atomic E-state index is -0.733. The average Bonchev–Trinajstić information content (AvgIpc) is 3.21. The molecule has 1 saturated carbocycles. The molecule has 0 unspecified atom stereocenters. The van der Waals surface area contributed by atoms with Gasteiger partial charge in [-0.25, -0.2) is 4.98 Å². The Hall–Kier alpha value is -1.85. The van der Waals surface area contributed by atoms with E-state index in [0.717, 1.165) is 50.9 Å². The number of carboxylic acid groups (broad SMARTS) is 1. The first-order valence-electron chi connectivity index (χ1n) is 7.22. The van der Waals surface area contributed by atoms with E-state index in [-0.39, 0.29) is 12.0 Å². The molecular weight excluding hydrogens is 258 g/mol. The van der Waals surface area contributed by atoms with Gasteiger partial charge in [0.05, 0.1) is 0 Å². The van der Waals surface area contributed by atoms with E-state index in [1.165, 1.54) is 6.07 Å². The summed E-state index contributed by atoms with van der Waals surface area (Å²) in [5.74, 6) is 1.13. The molecule has 110 valence electrons. The van der Waals surface area contributed by atoms with Crippen LogP contribution in [0.3, 0.4) is 0 Å². The lowest BCUT2D eigenvalue weighted by Crippen LogP contribution is -2.13. The molecule has 0 saturated heterocycles. The molecular formula is C14H21N3O3. The van der Waals surface area contributed by atoms with Gasteiger partial charge in [0.1, 0.15) is 11.6 Å². The van der Waals surface area contributed by atoms with Crippen LogP contribution >= 0.6 is 0 Å². The second-order valence-corrected chi connectivity index (χ2v) is 5.27. The minimum absolute atomic E-state index is 0.106. The van der Waals surface area contributed by atoms with Crippen LogP contribution in [0.4, 0.5) is 5.82 Å². The van der Waals surface area contributed by atoms with E-state index in [1.54, 1.807) is 0 Å². The fourth-order valence-corrected chi connectivity index (χ4v) is 2.09. The standard InChI is InChI=1S/C14H21N3O3/c18-12-9-11(16-14(17-12)10-6-7-10)15-8-4-2-1-3-5-13(19)20/h9-10H,1-8H2,(H,19,20)(H2,15,16,17,18). The average molecular weight is 279 g/mol. The van der Waals surface area contributed by atoms with Crippen molar-refractivity contribution in [1.82, 2.24) is 9.97 Å². The first-order valence-corrected chi connectivity index (χ1v) is 7.22. The molecule has 1 aliphatic carbocycles. The van der Waals surface area contributed by atoms with E-state index in [9.17, 15) is 9.59 Å². The van der Waals surface area contributed by atoms with Crippen molar-refractivity contribution < 1.29 is 9.90 Å². The molecule has 0 aliphatic heterocycles. The third-order valence-electron chi connectivity index (χ3n) is 3.35. The molecule has 0 aromatic carbocycles. The highest BCUT2D eigenvalue weighted by Crippen LogP contribution is 2.37. The lowest BCUT2D eigenvalue weighted by Gasteiger charge is -2.06. The van der Waals surface area contributed by atoms with Gasteiger partial charge in [-0.3, -0.25) is 9.59 Å². The van der Waals surface area contributed by atoms with Gasteiger partial charge in [0.2, 0.25) is 0 Å². The Balaban J connectivity index is 1.66. The van der Waals surface area contributed by atoms with E-state index >= 15 is 0 Å². The van der Waals surface area contributed by atoms with Crippen molar-refractivity contribution in [2.75, 3.05) is 11.9 Å². The van der Waals surface area contributed by atoms with Crippen molar-refractivity contribution in [3.63, 3.8) is 0 Å². The number of rotatable bonds is 9. The number of H-pyrrole nitrogens is 1. The van der Waals surface area contributed by atoms with Gasteiger partial charge in [-0.2, -0.15) is 0 Å². The molecule has 1 heterocycles. The number of hydrogen-bond donors (Lipinski definition) is 3. The lowest BCUT2D eigenvalue weighted by molar-refractivity contribution is -0.137. The van der Waals surface area contributed by atoms with Crippen molar-refractivity contribution in [3.05, 3.63) is 22.2 Å². The van der Waals surface area contributed by atoms with Crippen LogP contribution in [0, 0.1) is 0 Å². The first kappa shape index (κ1) is 14.6. The third kappa shape index (κ3) is 5.03. The van der Waals surface area contributed by atoms with Gasteiger partial charge in [0, 0.05) is 24.9 Å². The number of nitrogens with one attached hydrogen (secondary N) is 2. The van der Waals surface area contributed by atoms with Crippen molar-refractivity contribution in [1.29, 1.82) is 0 Å². The maximum absolute atomic E-state index is 11.5. The minimum Gasteiger partial charge on any atom is -0.481 e. The van der Waals surface area contributed by atoms with Crippen LogP contribution in [-0.4, -0.2) is 27.6 Å².